The standard InChI is InChI=1S/C10H21NO/c1-8(2)11-10-6-4-5-9(10)7-12-3/h8-11H,4-7H2,1-3H3/t9-,10-/m1/s1. The van der Waals surface area contributed by atoms with Gasteiger partial charge in [0.2, 0.25) is 0 Å². The summed E-state index contributed by atoms with van der Waals surface area (Å²) in [5, 5.41) is 3.60. The Morgan fingerprint density at radius 1 is 1.42 bits per heavy atom. The molecule has 0 spiro atoms. The quantitative estimate of drug-likeness (QED) is 0.696. The minimum atomic E-state index is 0.604. The number of methoxy groups -OCH3 is 1. The molecule has 2 nitrogen and oxygen atoms in total. The lowest BCUT2D eigenvalue weighted by Crippen LogP contribution is -2.38. The predicted molar refractivity (Wildman–Crippen MR) is 51.3 cm³/mol. The molecule has 2 atom stereocenters. The van der Waals surface area contributed by atoms with Crippen LogP contribution in [0.25, 0.3) is 0 Å². The normalized spacial score (nSPS) is 30.0. The van der Waals surface area contributed by atoms with E-state index in [2.05, 4.69) is 19.2 Å². The highest BCUT2D eigenvalue weighted by Crippen LogP contribution is 2.25. The molecule has 0 radical (unpaired) electrons. The summed E-state index contributed by atoms with van der Waals surface area (Å²) in [5.74, 6) is 0.748. The summed E-state index contributed by atoms with van der Waals surface area (Å²) in [6.45, 7) is 5.34. The van der Waals surface area contributed by atoms with E-state index in [1.807, 2.05) is 0 Å². The Kier molecular flexibility index (Phi) is 4.02. The zero-order chi connectivity index (χ0) is 8.97. The molecule has 0 aromatic heterocycles. The summed E-state index contributed by atoms with van der Waals surface area (Å²) >= 11 is 0. The molecule has 0 saturated heterocycles. The van der Waals surface area contributed by atoms with Gasteiger partial charge in [-0.25, -0.2) is 0 Å². The fourth-order valence-electron chi connectivity index (χ4n) is 2.10. The lowest BCUT2D eigenvalue weighted by Gasteiger charge is -2.22. The summed E-state index contributed by atoms with van der Waals surface area (Å²) in [6.07, 6.45) is 4.02. The van der Waals surface area contributed by atoms with Crippen molar-refractivity contribution in [2.24, 2.45) is 5.92 Å². The van der Waals surface area contributed by atoms with Crippen molar-refractivity contribution >= 4 is 0 Å². The van der Waals surface area contributed by atoms with Crippen molar-refractivity contribution in [2.45, 2.75) is 45.2 Å². The van der Waals surface area contributed by atoms with Crippen LogP contribution in [0.5, 0.6) is 0 Å². The molecular weight excluding hydrogens is 150 g/mol. The Hall–Kier alpha value is -0.0800. The molecule has 0 aromatic rings. The van der Waals surface area contributed by atoms with Gasteiger partial charge in [-0.3, -0.25) is 0 Å². The Morgan fingerprint density at radius 3 is 2.75 bits per heavy atom. The van der Waals surface area contributed by atoms with Crippen LogP contribution in [-0.4, -0.2) is 25.8 Å². The smallest absolute Gasteiger partial charge is 0.0505 e. The minimum Gasteiger partial charge on any atom is -0.384 e. The lowest BCUT2D eigenvalue weighted by molar-refractivity contribution is 0.139. The van der Waals surface area contributed by atoms with Crippen molar-refractivity contribution < 1.29 is 4.74 Å². The van der Waals surface area contributed by atoms with E-state index in [-0.39, 0.29) is 0 Å². The Morgan fingerprint density at radius 2 is 2.17 bits per heavy atom. The molecule has 1 N–H and O–H groups in total. The molecule has 2 heteroatoms. The Bertz CT molecular complexity index is 125. The topological polar surface area (TPSA) is 21.3 Å². The largest absolute Gasteiger partial charge is 0.384 e. The Labute approximate surface area is 75.7 Å². The van der Waals surface area contributed by atoms with Gasteiger partial charge in [-0.2, -0.15) is 0 Å². The third-order valence-electron chi connectivity index (χ3n) is 2.59. The number of ether oxygens (including phenoxy) is 1. The van der Waals surface area contributed by atoms with Crippen LogP contribution < -0.4 is 5.32 Å². The molecule has 1 aliphatic carbocycles. The zero-order valence-electron chi connectivity index (χ0n) is 8.47. The fourth-order valence-corrected chi connectivity index (χ4v) is 2.10. The molecule has 0 aromatic carbocycles. The van der Waals surface area contributed by atoms with Crippen LogP contribution in [0.1, 0.15) is 33.1 Å². The second-order valence-electron chi connectivity index (χ2n) is 4.07. The van der Waals surface area contributed by atoms with E-state index in [9.17, 15) is 0 Å². The number of hydrogen-bond donors (Lipinski definition) is 1. The van der Waals surface area contributed by atoms with Crippen molar-refractivity contribution in [3.05, 3.63) is 0 Å². The molecule has 0 aliphatic heterocycles. The molecular formula is C10H21NO. The monoisotopic (exact) mass is 171 g/mol. The van der Waals surface area contributed by atoms with Gasteiger partial charge in [0.25, 0.3) is 0 Å². The second-order valence-corrected chi connectivity index (χ2v) is 4.07. The van der Waals surface area contributed by atoms with E-state index in [0.717, 1.165) is 12.5 Å². The zero-order valence-corrected chi connectivity index (χ0v) is 8.47. The third-order valence-corrected chi connectivity index (χ3v) is 2.59. The molecule has 0 bridgehead atoms. The highest BCUT2D eigenvalue weighted by Gasteiger charge is 2.26. The average molecular weight is 171 g/mol. The summed E-state index contributed by atoms with van der Waals surface area (Å²) in [7, 11) is 1.80. The van der Waals surface area contributed by atoms with E-state index in [1.165, 1.54) is 19.3 Å². The SMILES string of the molecule is COC[C@H]1CCC[C@H]1NC(C)C. The van der Waals surface area contributed by atoms with Crippen LogP contribution in [0.2, 0.25) is 0 Å². The van der Waals surface area contributed by atoms with Crippen molar-refractivity contribution in [1.29, 1.82) is 0 Å². The van der Waals surface area contributed by atoms with Gasteiger partial charge in [-0.05, 0) is 18.8 Å². The van der Waals surface area contributed by atoms with Gasteiger partial charge >= 0.3 is 0 Å². The van der Waals surface area contributed by atoms with Crippen molar-refractivity contribution in [1.82, 2.24) is 5.32 Å². The van der Waals surface area contributed by atoms with Gasteiger partial charge in [-0.1, -0.05) is 20.3 Å². The fraction of sp³-hybridized carbons (Fsp3) is 1.00. The van der Waals surface area contributed by atoms with Crippen molar-refractivity contribution in [3.63, 3.8) is 0 Å². The molecule has 1 saturated carbocycles. The summed E-state index contributed by atoms with van der Waals surface area (Å²) in [5.41, 5.74) is 0. The van der Waals surface area contributed by atoms with E-state index < -0.39 is 0 Å². The van der Waals surface area contributed by atoms with Gasteiger partial charge in [0.05, 0.1) is 6.61 Å². The van der Waals surface area contributed by atoms with Gasteiger partial charge < -0.3 is 10.1 Å². The Balaban J connectivity index is 2.30. The third kappa shape index (κ3) is 2.76. The molecule has 12 heavy (non-hydrogen) atoms. The van der Waals surface area contributed by atoms with Crippen LogP contribution in [-0.2, 0) is 4.74 Å². The molecule has 1 aliphatic rings. The van der Waals surface area contributed by atoms with Crippen LogP contribution in [0.15, 0.2) is 0 Å². The highest BCUT2D eigenvalue weighted by molar-refractivity contribution is 4.83. The first-order chi connectivity index (χ1) is 5.74. The first kappa shape index (κ1) is 10.0. The first-order valence-electron chi connectivity index (χ1n) is 4.99. The lowest BCUT2D eigenvalue weighted by atomic mass is 10.0. The van der Waals surface area contributed by atoms with E-state index >= 15 is 0 Å². The van der Waals surface area contributed by atoms with E-state index in [1.54, 1.807) is 7.11 Å². The molecule has 72 valence electrons. The average Bonchev–Trinajstić information content (AvgIpc) is 2.37. The van der Waals surface area contributed by atoms with Crippen LogP contribution in [0.3, 0.4) is 0 Å². The molecule has 1 fully saturated rings. The summed E-state index contributed by atoms with van der Waals surface area (Å²) < 4.78 is 5.20. The van der Waals surface area contributed by atoms with Crippen LogP contribution in [0.4, 0.5) is 0 Å². The van der Waals surface area contributed by atoms with Gasteiger partial charge in [0.15, 0.2) is 0 Å². The molecule has 0 unspecified atom stereocenters. The van der Waals surface area contributed by atoms with Crippen LogP contribution >= 0.6 is 0 Å². The van der Waals surface area contributed by atoms with Gasteiger partial charge in [-0.15, -0.1) is 0 Å². The molecule has 0 amide bonds. The molecule has 0 heterocycles. The predicted octanol–water partition coefficient (Wildman–Crippen LogP) is 1.80. The van der Waals surface area contributed by atoms with E-state index in [4.69, 9.17) is 4.74 Å². The van der Waals surface area contributed by atoms with Crippen molar-refractivity contribution in [3.8, 4) is 0 Å². The first-order valence-corrected chi connectivity index (χ1v) is 4.99. The second kappa shape index (κ2) is 4.83. The summed E-state index contributed by atoms with van der Waals surface area (Å²) in [6, 6.07) is 1.30. The number of nitrogens with one attached hydrogen (secondary N) is 1. The van der Waals surface area contributed by atoms with E-state index in [0.29, 0.717) is 12.1 Å². The van der Waals surface area contributed by atoms with Gasteiger partial charge in [0.1, 0.15) is 0 Å². The highest BCUT2D eigenvalue weighted by atomic mass is 16.5. The van der Waals surface area contributed by atoms with Gasteiger partial charge in [0, 0.05) is 19.2 Å². The number of rotatable bonds is 4. The maximum absolute atomic E-state index is 5.20. The van der Waals surface area contributed by atoms with Crippen LogP contribution in [0, 0.1) is 5.92 Å². The number of hydrogen-bond acceptors (Lipinski definition) is 2. The maximum Gasteiger partial charge on any atom is 0.0505 e. The molecule has 1 rings (SSSR count). The summed E-state index contributed by atoms with van der Waals surface area (Å²) in [4.78, 5) is 0. The van der Waals surface area contributed by atoms with Crippen molar-refractivity contribution in [2.75, 3.05) is 13.7 Å². The minimum absolute atomic E-state index is 0.604. The maximum atomic E-state index is 5.20.